The molecule has 6 nitrogen and oxygen atoms in total. The minimum Gasteiger partial charge on any atom is -0.302 e. The van der Waals surface area contributed by atoms with Gasteiger partial charge >= 0.3 is 0 Å². The highest BCUT2D eigenvalue weighted by atomic mass is 19.1. The van der Waals surface area contributed by atoms with E-state index in [9.17, 15) is 9.18 Å². The van der Waals surface area contributed by atoms with Gasteiger partial charge in [-0.1, -0.05) is 35.9 Å². The van der Waals surface area contributed by atoms with E-state index in [2.05, 4.69) is 15.1 Å². The molecule has 0 saturated heterocycles. The van der Waals surface area contributed by atoms with Gasteiger partial charge in [-0.3, -0.25) is 4.79 Å². The Labute approximate surface area is 193 Å². The van der Waals surface area contributed by atoms with Gasteiger partial charge in [-0.05, 0) is 69.9 Å². The van der Waals surface area contributed by atoms with E-state index in [0.717, 1.165) is 33.6 Å². The molecule has 0 aliphatic heterocycles. The molecule has 0 saturated carbocycles. The number of anilines is 1. The number of carbonyl (C=O) groups excluding carboxylic acids is 1. The Bertz CT molecular complexity index is 1310. The summed E-state index contributed by atoms with van der Waals surface area (Å²) >= 11 is 0. The number of benzene rings is 2. The quantitative estimate of drug-likeness (QED) is 0.408. The molecular formula is C26H28FN5O. The Morgan fingerprint density at radius 3 is 2.48 bits per heavy atom. The Balaban J connectivity index is 1.67. The van der Waals surface area contributed by atoms with Crippen molar-refractivity contribution in [2.24, 2.45) is 0 Å². The zero-order valence-corrected chi connectivity index (χ0v) is 19.6. The second-order valence-corrected chi connectivity index (χ2v) is 8.54. The molecule has 7 heteroatoms. The van der Waals surface area contributed by atoms with Crippen LogP contribution in [0.1, 0.15) is 53.0 Å². The van der Waals surface area contributed by atoms with Crippen LogP contribution in [-0.2, 0) is 11.2 Å². The smallest absolute Gasteiger partial charge is 0.252 e. The highest BCUT2D eigenvalue weighted by Gasteiger charge is 2.26. The summed E-state index contributed by atoms with van der Waals surface area (Å²) in [4.78, 5) is 23.8. The molecule has 2 aromatic carbocycles. The van der Waals surface area contributed by atoms with Gasteiger partial charge in [-0.2, -0.15) is 10.1 Å². The van der Waals surface area contributed by atoms with Gasteiger partial charge in [-0.15, -0.1) is 0 Å². The van der Waals surface area contributed by atoms with Crippen molar-refractivity contribution in [1.82, 2.24) is 19.6 Å². The minimum atomic E-state index is -0.411. The van der Waals surface area contributed by atoms with Crippen molar-refractivity contribution in [2.75, 3.05) is 4.90 Å². The van der Waals surface area contributed by atoms with Crippen LogP contribution in [0.25, 0.3) is 5.78 Å². The molecular weight excluding hydrogens is 417 g/mol. The van der Waals surface area contributed by atoms with Crippen molar-refractivity contribution in [3.63, 3.8) is 0 Å². The first kappa shape index (κ1) is 22.6. The van der Waals surface area contributed by atoms with Gasteiger partial charge in [0.25, 0.3) is 5.78 Å². The molecule has 4 rings (SSSR count). The lowest BCUT2D eigenvalue weighted by Gasteiger charge is -2.31. The van der Waals surface area contributed by atoms with Gasteiger partial charge in [0.2, 0.25) is 5.91 Å². The molecule has 0 spiro atoms. The molecule has 1 atom stereocenters. The van der Waals surface area contributed by atoms with Crippen LogP contribution in [0.5, 0.6) is 0 Å². The van der Waals surface area contributed by atoms with Gasteiger partial charge in [-0.25, -0.2) is 13.9 Å². The maximum absolute atomic E-state index is 14.9. The van der Waals surface area contributed by atoms with E-state index in [0.29, 0.717) is 17.9 Å². The van der Waals surface area contributed by atoms with E-state index in [1.54, 1.807) is 21.5 Å². The average Bonchev–Trinajstić information content (AvgIpc) is 3.25. The SMILES string of the molecule is Cc1ccc([C@H](C)N(C(=O)CCc2c(C)nc3ncnn3c2C)c2cc(C)ccc2F)cc1. The van der Waals surface area contributed by atoms with Crippen LogP contribution in [-0.4, -0.2) is 25.5 Å². The molecule has 33 heavy (non-hydrogen) atoms. The normalized spacial score (nSPS) is 12.2. The number of amides is 1. The van der Waals surface area contributed by atoms with E-state index in [1.807, 2.05) is 58.9 Å². The molecule has 170 valence electrons. The average molecular weight is 446 g/mol. The summed E-state index contributed by atoms with van der Waals surface area (Å²) in [5.74, 6) is -0.0208. The Kier molecular flexibility index (Phi) is 6.22. The van der Waals surface area contributed by atoms with Crippen molar-refractivity contribution in [3.8, 4) is 0 Å². The van der Waals surface area contributed by atoms with Crippen molar-refractivity contribution in [2.45, 2.75) is 53.5 Å². The summed E-state index contributed by atoms with van der Waals surface area (Å²) in [6, 6.07) is 12.5. The molecule has 0 bridgehead atoms. The van der Waals surface area contributed by atoms with Crippen LogP contribution in [0.4, 0.5) is 10.1 Å². The number of aryl methyl sites for hydroxylation is 4. The van der Waals surface area contributed by atoms with Crippen LogP contribution in [0, 0.1) is 33.5 Å². The van der Waals surface area contributed by atoms with E-state index in [1.165, 1.54) is 12.4 Å². The molecule has 0 N–H and O–H groups in total. The fourth-order valence-corrected chi connectivity index (χ4v) is 4.23. The van der Waals surface area contributed by atoms with Crippen molar-refractivity contribution < 1.29 is 9.18 Å². The second kappa shape index (κ2) is 9.10. The Morgan fingerprint density at radius 1 is 1.06 bits per heavy atom. The molecule has 4 aromatic rings. The molecule has 2 heterocycles. The van der Waals surface area contributed by atoms with Gasteiger partial charge in [0.05, 0.1) is 11.7 Å². The van der Waals surface area contributed by atoms with Crippen molar-refractivity contribution in [3.05, 3.63) is 88.3 Å². The van der Waals surface area contributed by atoms with Gasteiger partial charge < -0.3 is 4.90 Å². The van der Waals surface area contributed by atoms with E-state index in [-0.39, 0.29) is 18.4 Å². The first-order chi connectivity index (χ1) is 15.8. The van der Waals surface area contributed by atoms with Crippen LogP contribution < -0.4 is 4.90 Å². The first-order valence-corrected chi connectivity index (χ1v) is 11.1. The summed E-state index contributed by atoms with van der Waals surface area (Å²) in [5.41, 5.74) is 5.96. The zero-order chi connectivity index (χ0) is 23.7. The van der Waals surface area contributed by atoms with Gasteiger partial charge in [0.15, 0.2) is 0 Å². The lowest BCUT2D eigenvalue weighted by Crippen LogP contribution is -2.34. The molecule has 2 aromatic heterocycles. The molecule has 0 unspecified atom stereocenters. The zero-order valence-electron chi connectivity index (χ0n) is 19.6. The highest BCUT2D eigenvalue weighted by Crippen LogP contribution is 2.31. The predicted molar refractivity (Wildman–Crippen MR) is 127 cm³/mol. The number of hydrogen-bond acceptors (Lipinski definition) is 4. The number of carbonyl (C=O) groups is 1. The molecule has 0 aliphatic rings. The van der Waals surface area contributed by atoms with Crippen LogP contribution in [0.2, 0.25) is 0 Å². The van der Waals surface area contributed by atoms with Crippen LogP contribution in [0.15, 0.2) is 48.8 Å². The topological polar surface area (TPSA) is 63.4 Å². The lowest BCUT2D eigenvalue weighted by atomic mass is 10.0. The maximum atomic E-state index is 14.9. The Hall–Kier alpha value is -3.61. The van der Waals surface area contributed by atoms with E-state index in [4.69, 9.17) is 0 Å². The number of aromatic nitrogens is 4. The fourth-order valence-electron chi connectivity index (χ4n) is 4.23. The van der Waals surface area contributed by atoms with Crippen molar-refractivity contribution in [1.29, 1.82) is 0 Å². The van der Waals surface area contributed by atoms with Crippen LogP contribution >= 0.6 is 0 Å². The molecule has 0 fully saturated rings. The standard InChI is InChI=1S/C26H28FN5O/c1-16-6-9-21(10-7-16)19(4)31(24-14-17(2)8-12-23(24)27)25(33)13-11-22-18(3)30-26-28-15-29-32(26)20(22)5/h6-10,12,14-15,19H,11,13H2,1-5H3/t19-/m0/s1. The van der Waals surface area contributed by atoms with Crippen molar-refractivity contribution >= 4 is 17.4 Å². The minimum absolute atomic E-state index is 0.148. The summed E-state index contributed by atoms with van der Waals surface area (Å²) in [5, 5.41) is 4.22. The summed E-state index contributed by atoms with van der Waals surface area (Å²) in [6.07, 6.45) is 2.16. The number of rotatable bonds is 6. The number of fused-ring (bicyclic) bond motifs is 1. The molecule has 0 radical (unpaired) electrons. The third-order valence-corrected chi connectivity index (χ3v) is 6.15. The van der Waals surface area contributed by atoms with Gasteiger partial charge in [0, 0.05) is 17.8 Å². The molecule has 1 amide bonds. The largest absolute Gasteiger partial charge is 0.302 e. The van der Waals surface area contributed by atoms with Gasteiger partial charge in [0.1, 0.15) is 12.1 Å². The van der Waals surface area contributed by atoms with E-state index < -0.39 is 5.82 Å². The van der Waals surface area contributed by atoms with E-state index >= 15 is 0 Å². The Morgan fingerprint density at radius 2 is 1.76 bits per heavy atom. The second-order valence-electron chi connectivity index (χ2n) is 8.54. The lowest BCUT2D eigenvalue weighted by molar-refractivity contribution is -0.119. The number of nitrogens with zero attached hydrogens (tertiary/aromatic N) is 5. The summed E-state index contributed by atoms with van der Waals surface area (Å²) in [7, 11) is 0. The fraction of sp³-hybridized carbons (Fsp3) is 0.308. The summed E-state index contributed by atoms with van der Waals surface area (Å²) < 4.78 is 16.6. The highest BCUT2D eigenvalue weighted by molar-refractivity contribution is 5.94. The number of halogens is 1. The third kappa shape index (κ3) is 4.49. The monoisotopic (exact) mass is 445 g/mol. The third-order valence-electron chi connectivity index (χ3n) is 6.15. The molecule has 0 aliphatic carbocycles. The summed E-state index contributed by atoms with van der Waals surface area (Å²) in [6.45, 7) is 9.71. The number of hydrogen-bond donors (Lipinski definition) is 0. The predicted octanol–water partition coefficient (Wildman–Crippen LogP) is 5.22. The van der Waals surface area contributed by atoms with Crippen LogP contribution in [0.3, 0.4) is 0 Å². The first-order valence-electron chi connectivity index (χ1n) is 11.1. The maximum Gasteiger partial charge on any atom is 0.252 e.